The highest BCUT2D eigenvalue weighted by Gasteiger charge is 2.22. The number of amides is 2. The Morgan fingerprint density at radius 1 is 0.733 bits per heavy atom. The Kier molecular flexibility index (Phi) is 13.4. The van der Waals surface area contributed by atoms with Crippen molar-refractivity contribution < 1.29 is 28.5 Å². The molecule has 2 amide bonds. The molecule has 2 atom stereocenters. The van der Waals surface area contributed by atoms with Gasteiger partial charge in [0, 0.05) is 37.6 Å². The first-order valence-corrected chi connectivity index (χ1v) is 16.3. The van der Waals surface area contributed by atoms with Gasteiger partial charge < -0.3 is 29.6 Å². The van der Waals surface area contributed by atoms with Crippen molar-refractivity contribution in [2.45, 2.75) is 45.1 Å². The summed E-state index contributed by atoms with van der Waals surface area (Å²) in [6.07, 6.45) is 3.51. The topological polar surface area (TPSA) is 124 Å². The van der Waals surface area contributed by atoms with E-state index in [-0.39, 0.29) is 25.3 Å². The van der Waals surface area contributed by atoms with Crippen LogP contribution in [-0.4, -0.2) is 73.0 Å². The van der Waals surface area contributed by atoms with Crippen LogP contribution in [0.2, 0.25) is 0 Å². The average molecular weight is 654 g/mol. The Hall–Kier alpha value is -4.20. The summed E-state index contributed by atoms with van der Waals surface area (Å²) in [4.78, 5) is 37.7. The highest BCUT2D eigenvalue weighted by atomic mass is 32.1. The van der Waals surface area contributed by atoms with Crippen LogP contribution >= 0.6 is 22.7 Å². The van der Waals surface area contributed by atoms with Crippen LogP contribution in [-0.2, 0) is 35.5 Å². The number of alkyl carbamates (subject to hydrolysis) is 2. The molecule has 0 radical (unpaired) electrons. The molecule has 2 aromatic carbocycles. The van der Waals surface area contributed by atoms with Gasteiger partial charge in [0.1, 0.15) is 24.7 Å². The minimum Gasteiger partial charge on any atom is -0.497 e. The number of rotatable bonds is 17. The Labute approximate surface area is 271 Å². The van der Waals surface area contributed by atoms with Crippen LogP contribution < -0.4 is 20.1 Å². The number of nitrogens with zero attached hydrogens (tertiary/aromatic N) is 3. The van der Waals surface area contributed by atoms with Crippen molar-refractivity contribution in [1.82, 2.24) is 25.5 Å². The second-order valence-corrected chi connectivity index (χ2v) is 12.2. The van der Waals surface area contributed by atoms with Crippen LogP contribution in [0.25, 0.3) is 0 Å². The first-order valence-electron chi connectivity index (χ1n) is 14.5. The summed E-state index contributed by atoms with van der Waals surface area (Å²) in [6, 6.07) is 15.0. The van der Waals surface area contributed by atoms with Gasteiger partial charge in [-0.2, -0.15) is 0 Å². The molecule has 0 saturated carbocycles. The van der Waals surface area contributed by atoms with E-state index in [1.54, 1.807) is 37.6 Å². The third-order valence-electron chi connectivity index (χ3n) is 6.99. The zero-order valence-corrected chi connectivity index (χ0v) is 27.3. The van der Waals surface area contributed by atoms with Crippen LogP contribution in [0.15, 0.2) is 71.9 Å². The van der Waals surface area contributed by atoms with Crippen LogP contribution in [0.1, 0.15) is 27.8 Å². The molecule has 240 valence electrons. The number of methoxy groups -OCH3 is 2. The maximum Gasteiger partial charge on any atom is 0.407 e. The number of carbonyl (C=O) groups is 2. The summed E-state index contributed by atoms with van der Waals surface area (Å²) >= 11 is 2.86. The molecule has 0 bridgehead atoms. The van der Waals surface area contributed by atoms with Crippen LogP contribution in [0.3, 0.4) is 0 Å². The monoisotopic (exact) mass is 653 g/mol. The van der Waals surface area contributed by atoms with E-state index in [4.69, 9.17) is 18.9 Å². The van der Waals surface area contributed by atoms with Gasteiger partial charge in [-0.05, 0) is 54.8 Å². The molecule has 2 aromatic heterocycles. The fraction of sp³-hybridized carbons (Fsp3) is 0.375. The molecule has 13 heteroatoms. The van der Waals surface area contributed by atoms with E-state index in [1.807, 2.05) is 48.5 Å². The molecular formula is C32H39N5O6S2. The van der Waals surface area contributed by atoms with Crippen molar-refractivity contribution in [2.75, 3.05) is 33.9 Å². The van der Waals surface area contributed by atoms with E-state index in [0.29, 0.717) is 32.5 Å². The van der Waals surface area contributed by atoms with E-state index in [9.17, 15) is 9.59 Å². The molecule has 0 unspecified atom stereocenters. The van der Waals surface area contributed by atoms with Gasteiger partial charge in [0.15, 0.2) is 0 Å². The molecule has 2 N–H and O–H groups in total. The zero-order chi connectivity index (χ0) is 31.9. The molecule has 2 heterocycles. The first-order chi connectivity index (χ1) is 21.9. The number of benzene rings is 2. The Morgan fingerprint density at radius 2 is 1.16 bits per heavy atom. The summed E-state index contributed by atoms with van der Waals surface area (Å²) < 4.78 is 21.6. The fourth-order valence-electron chi connectivity index (χ4n) is 4.69. The third-order valence-corrected chi connectivity index (χ3v) is 8.49. The lowest BCUT2D eigenvalue weighted by molar-refractivity contribution is 0.127. The molecule has 11 nitrogen and oxygen atoms in total. The van der Waals surface area contributed by atoms with Crippen molar-refractivity contribution in [3.8, 4) is 11.5 Å². The zero-order valence-electron chi connectivity index (χ0n) is 25.6. The molecule has 0 aliphatic heterocycles. The minimum atomic E-state index is -0.502. The highest BCUT2D eigenvalue weighted by Crippen LogP contribution is 2.16. The number of hydrogen-bond donors (Lipinski definition) is 2. The second kappa shape index (κ2) is 17.9. The lowest BCUT2D eigenvalue weighted by atomic mass is 10.0. The quantitative estimate of drug-likeness (QED) is 0.156. The molecule has 0 spiro atoms. The maximum absolute atomic E-state index is 12.9. The molecule has 4 aromatic rings. The van der Waals surface area contributed by atoms with Gasteiger partial charge in [-0.15, -0.1) is 22.7 Å². The van der Waals surface area contributed by atoms with E-state index in [0.717, 1.165) is 32.4 Å². The highest BCUT2D eigenvalue weighted by molar-refractivity contribution is 7.09. The lowest BCUT2D eigenvalue weighted by Crippen LogP contribution is -2.50. The van der Waals surface area contributed by atoms with Crippen molar-refractivity contribution in [1.29, 1.82) is 0 Å². The van der Waals surface area contributed by atoms with Crippen LogP contribution in [0.4, 0.5) is 9.59 Å². The number of hydrogen-bond acceptors (Lipinski definition) is 11. The van der Waals surface area contributed by atoms with Gasteiger partial charge in [0.05, 0.1) is 35.0 Å². The minimum absolute atomic E-state index is 0.154. The predicted octanol–water partition coefficient (Wildman–Crippen LogP) is 5.31. The number of likely N-dealkylation sites (N-methyl/N-ethyl adjacent to an activating group) is 1. The number of thiazole rings is 2. The Bertz CT molecular complexity index is 1310. The third kappa shape index (κ3) is 11.7. The fourth-order valence-corrected chi connectivity index (χ4v) is 5.70. The number of nitrogens with one attached hydrogen (secondary N) is 2. The number of ether oxygens (including phenoxy) is 4. The number of aromatic nitrogens is 2. The van der Waals surface area contributed by atoms with Crippen molar-refractivity contribution in [3.63, 3.8) is 0 Å². The molecule has 0 aliphatic rings. The van der Waals surface area contributed by atoms with Gasteiger partial charge in [-0.1, -0.05) is 31.2 Å². The molecular weight excluding hydrogens is 615 g/mol. The van der Waals surface area contributed by atoms with Gasteiger partial charge >= 0.3 is 12.2 Å². The summed E-state index contributed by atoms with van der Waals surface area (Å²) in [7, 11) is 3.26. The van der Waals surface area contributed by atoms with Crippen LogP contribution in [0.5, 0.6) is 11.5 Å². The second-order valence-electron chi connectivity index (χ2n) is 10.2. The van der Waals surface area contributed by atoms with Gasteiger partial charge in [0.2, 0.25) is 0 Å². The molecule has 4 rings (SSSR count). The smallest absolute Gasteiger partial charge is 0.407 e. The van der Waals surface area contributed by atoms with Crippen molar-refractivity contribution >= 4 is 34.9 Å². The van der Waals surface area contributed by atoms with Crippen molar-refractivity contribution in [2.24, 2.45) is 0 Å². The van der Waals surface area contributed by atoms with E-state index in [1.165, 1.54) is 22.7 Å². The largest absolute Gasteiger partial charge is 0.497 e. The standard InChI is InChI=1S/C32H39N5O6S2/c1-4-37(17-25(13-23-5-9-27(40-2)10-6-23)35-31(38)42-19-29-15-33-21-44-29)18-26(14-24-7-11-28(41-3)12-8-24)36-32(39)43-20-30-16-34-22-45-30/h5-12,15-16,21-22,25-26H,4,13-14,17-20H2,1-3H3,(H,35,38)(H,36,39)/t25-,26-/m0/s1. The van der Waals surface area contributed by atoms with E-state index >= 15 is 0 Å². The molecule has 0 aliphatic carbocycles. The average Bonchev–Trinajstić information content (AvgIpc) is 3.78. The summed E-state index contributed by atoms with van der Waals surface area (Å²) in [5.74, 6) is 1.52. The molecule has 45 heavy (non-hydrogen) atoms. The van der Waals surface area contributed by atoms with E-state index < -0.39 is 12.2 Å². The van der Waals surface area contributed by atoms with Crippen LogP contribution in [0, 0.1) is 0 Å². The SMILES string of the molecule is CCN(C[C@H](Cc1ccc(OC)cc1)NC(=O)OCc1cncs1)C[C@H](Cc1ccc(OC)cc1)NC(=O)OCc1cncs1. The van der Waals surface area contributed by atoms with Gasteiger partial charge in [-0.25, -0.2) is 9.59 Å². The van der Waals surface area contributed by atoms with E-state index in [2.05, 4.69) is 32.4 Å². The summed E-state index contributed by atoms with van der Waals surface area (Å²) in [5.41, 5.74) is 5.49. The van der Waals surface area contributed by atoms with Crippen molar-refractivity contribution in [3.05, 3.63) is 92.8 Å². The maximum atomic E-state index is 12.9. The normalized spacial score (nSPS) is 12.3. The lowest BCUT2D eigenvalue weighted by Gasteiger charge is -2.31. The first kappa shape index (κ1) is 33.7. The summed E-state index contributed by atoms with van der Waals surface area (Å²) in [5, 5.41) is 6.11. The number of carbonyl (C=O) groups excluding carboxylic acids is 2. The molecule has 0 fully saturated rings. The Morgan fingerprint density at radius 3 is 1.49 bits per heavy atom. The predicted molar refractivity (Wildman–Crippen MR) is 174 cm³/mol. The van der Waals surface area contributed by atoms with Gasteiger partial charge in [-0.3, -0.25) is 14.9 Å². The Balaban J connectivity index is 1.45. The molecule has 0 saturated heterocycles. The van der Waals surface area contributed by atoms with Gasteiger partial charge in [0.25, 0.3) is 0 Å². The summed E-state index contributed by atoms with van der Waals surface area (Å²) in [6.45, 7) is 4.10.